The maximum atomic E-state index is 6.16. The summed E-state index contributed by atoms with van der Waals surface area (Å²) in [5.41, 5.74) is 3.02. The highest BCUT2D eigenvalue weighted by Gasteiger charge is 2.05. The minimum atomic E-state index is 0.556. The minimum Gasteiger partial charge on any atom is -0.497 e. The molecule has 2 aromatic carbocycles. The van der Waals surface area contributed by atoms with Gasteiger partial charge >= 0.3 is 0 Å². The van der Waals surface area contributed by atoms with Crippen molar-refractivity contribution < 1.29 is 4.74 Å². The van der Waals surface area contributed by atoms with Crippen molar-refractivity contribution in [2.24, 2.45) is 0 Å². The number of halogens is 1. The van der Waals surface area contributed by atoms with Crippen molar-refractivity contribution in [3.05, 3.63) is 70.9 Å². The second kappa shape index (κ2) is 7.85. The van der Waals surface area contributed by atoms with Crippen molar-refractivity contribution in [3.8, 4) is 5.75 Å². The predicted molar refractivity (Wildman–Crippen MR) is 102 cm³/mol. The van der Waals surface area contributed by atoms with Crippen molar-refractivity contribution in [3.63, 3.8) is 0 Å². The molecular weight excluding hydrogens is 336 g/mol. The van der Waals surface area contributed by atoms with Crippen LogP contribution in [0.3, 0.4) is 0 Å². The Morgan fingerprint density at radius 3 is 2.64 bits per heavy atom. The standard InChI is InChI=1S/C19H19ClN4O/c1-13-16(20)4-3-5-17(13)23-18-10-11-21-19(24-18)22-12-14-6-8-15(25-2)9-7-14/h3-11H,12H2,1-2H3,(H2,21,22,23,24). The summed E-state index contributed by atoms with van der Waals surface area (Å²) < 4.78 is 5.16. The molecule has 0 saturated heterocycles. The van der Waals surface area contributed by atoms with Gasteiger partial charge in [-0.1, -0.05) is 29.8 Å². The Kier molecular flexibility index (Phi) is 5.36. The highest BCUT2D eigenvalue weighted by molar-refractivity contribution is 6.31. The molecule has 0 aliphatic heterocycles. The first-order valence-corrected chi connectivity index (χ1v) is 8.25. The zero-order valence-electron chi connectivity index (χ0n) is 14.1. The Bertz CT molecular complexity index is 852. The van der Waals surface area contributed by atoms with Gasteiger partial charge in [0.2, 0.25) is 5.95 Å². The van der Waals surface area contributed by atoms with E-state index in [0.29, 0.717) is 18.3 Å². The van der Waals surface area contributed by atoms with E-state index >= 15 is 0 Å². The summed E-state index contributed by atoms with van der Waals surface area (Å²) in [7, 11) is 1.65. The van der Waals surface area contributed by atoms with Gasteiger partial charge in [0.05, 0.1) is 7.11 Å². The molecule has 0 spiro atoms. The quantitative estimate of drug-likeness (QED) is 0.665. The van der Waals surface area contributed by atoms with Crippen LogP contribution in [0.4, 0.5) is 17.5 Å². The van der Waals surface area contributed by atoms with Crippen LogP contribution >= 0.6 is 11.6 Å². The number of methoxy groups -OCH3 is 1. The lowest BCUT2D eigenvalue weighted by Crippen LogP contribution is -2.05. The van der Waals surface area contributed by atoms with E-state index in [2.05, 4.69) is 20.6 Å². The fourth-order valence-electron chi connectivity index (χ4n) is 2.32. The molecule has 3 aromatic rings. The maximum absolute atomic E-state index is 6.16. The SMILES string of the molecule is COc1ccc(CNc2nccc(Nc3cccc(Cl)c3C)n2)cc1. The number of hydrogen-bond acceptors (Lipinski definition) is 5. The van der Waals surface area contributed by atoms with E-state index in [1.54, 1.807) is 13.3 Å². The van der Waals surface area contributed by atoms with Crippen LogP contribution in [0.25, 0.3) is 0 Å². The number of nitrogens with one attached hydrogen (secondary N) is 2. The molecule has 5 nitrogen and oxygen atoms in total. The molecule has 6 heteroatoms. The topological polar surface area (TPSA) is 59.1 Å². The average molecular weight is 355 g/mol. The van der Waals surface area contributed by atoms with Crippen LogP contribution in [-0.2, 0) is 6.54 Å². The number of rotatable bonds is 6. The summed E-state index contributed by atoms with van der Waals surface area (Å²) in [6.45, 7) is 2.60. The van der Waals surface area contributed by atoms with E-state index in [-0.39, 0.29) is 0 Å². The van der Waals surface area contributed by atoms with Gasteiger partial charge in [0.15, 0.2) is 0 Å². The van der Waals surface area contributed by atoms with E-state index in [9.17, 15) is 0 Å². The van der Waals surface area contributed by atoms with Gasteiger partial charge in [-0.25, -0.2) is 4.98 Å². The Labute approximate surface area is 152 Å². The first-order valence-electron chi connectivity index (χ1n) is 7.87. The Hall–Kier alpha value is -2.79. The average Bonchev–Trinajstić information content (AvgIpc) is 2.64. The largest absolute Gasteiger partial charge is 0.497 e. The van der Waals surface area contributed by atoms with Crippen molar-refractivity contribution in [1.29, 1.82) is 0 Å². The third-order valence-corrected chi connectivity index (χ3v) is 4.21. The van der Waals surface area contributed by atoms with Crippen molar-refractivity contribution in [2.45, 2.75) is 13.5 Å². The summed E-state index contributed by atoms with van der Waals surface area (Å²) in [6.07, 6.45) is 1.71. The molecule has 128 valence electrons. The number of aromatic nitrogens is 2. The van der Waals surface area contributed by atoms with E-state index in [1.807, 2.05) is 55.5 Å². The Morgan fingerprint density at radius 1 is 1.08 bits per heavy atom. The van der Waals surface area contributed by atoms with Crippen LogP contribution in [0.1, 0.15) is 11.1 Å². The molecule has 0 bridgehead atoms. The highest BCUT2D eigenvalue weighted by atomic mass is 35.5. The minimum absolute atomic E-state index is 0.556. The smallest absolute Gasteiger partial charge is 0.224 e. The van der Waals surface area contributed by atoms with Crippen LogP contribution in [-0.4, -0.2) is 17.1 Å². The van der Waals surface area contributed by atoms with Crippen LogP contribution in [0, 0.1) is 6.92 Å². The molecule has 0 fully saturated rings. The molecule has 0 unspecified atom stereocenters. The zero-order valence-corrected chi connectivity index (χ0v) is 14.8. The van der Waals surface area contributed by atoms with Crippen molar-refractivity contribution in [1.82, 2.24) is 9.97 Å². The molecule has 0 amide bonds. The van der Waals surface area contributed by atoms with Gasteiger partial charge in [0.1, 0.15) is 11.6 Å². The van der Waals surface area contributed by atoms with E-state index in [0.717, 1.165) is 27.6 Å². The summed E-state index contributed by atoms with van der Waals surface area (Å²) in [4.78, 5) is 8.74. The number of hydrogen-bond donors (Lipinski definition) is 2. The molecule has 2 N–H and O–H groups in total. The Morgan fingerprint density at radius 2 is 1.88 bits per heavy atom. The van der Waals surface area contributed by atoms with Crippen LogP contribution < -0.4 is 15.4 Å². The van der Waals surface area contributed by atoms with Crippen LogP contribution in [0.2, 0.25) is 5.02 Å². The Balaban J connectivity index is 1.67. The van der Waals surface area contributed by atoms with E-state index < -0.39 is 0 Å². The second-order valence-electron chi connectivity index (χ2n) is 5.50. The van der Waals surface area contributed by atoms with Gasteiger partial charge in [0.25, 0.3) is 0 Å². The normalized spacial score (nSPS) is 10.4. The molecule has 0 aliphatic rings. The molecule has 0 aliphatic carbocycles. The van der Waals surface area contributed by atoms with Crippen LogP contribution in [0.5, 0.6) is 5.75 Å². The second-order valence-corrected chi connectivity index (χ2v) is 5.91. The number of anilines is 3. The lowest BCUT2D eigenvalue weighted by atomic mass is 10.2. The third kappa shape index (κ3) is 4.39. The lowest BCUT2D eigenvalue weighted by molar-refractivity contribution is 0.414. The van der Waals surface area contributed by atoms with Gasteiger partial charge in [-0.05, 0) is 48.4 Å². The van der Waals surface area contributed by atoms with Crippen LogP contribution in [0.15, 0.2) is 54.7 Å². The molecule has 0 radical (unpaired) electrons. The highest BCUT2D eigenvalue weighted by Crippen LogP contribution is 2.25. The molecule has 0 atom stereocenters. The summed E-state index contributed by atoms with van der Waals surface area (Å²) in [5, 5.41) is 7.22. The van der Waals surface area contributed by atoms with Crippen molar-refractivity contribution in [2.75, 3.05) is 17.7 Å². The fraction of sp³-hybridized carbons (Fsp3) is 0.158. The molecule has 1 aromatic heterocycles. The van der Waals surface area contributed by atoms with Gasteiger partial charge in [-0.2, -0.15) is 4.98 Å². The van der Waals surface area contributed by atoms with Gasteiger partial charge < -0.3 is 15.4 Å². The predicted octanol–water partition coefficient (Wildman–Crippen LogP) is 4.80. The number of nitrogens with zero attached hydrogens (tertiary/aromatic N) is 2. The summed E-state index contributed by atoms with van der Waals surface area (Å²) in [6, 6.07) is 15.4. The molecule has 0 saturated carbocycles. The first-order chi connectivity index (χ1) is 12.2. The monoisotopic (exact) mass is 354 g/mol. The third-order valence-electron chi connectivity index (χ3n) is 3.80. The number of benzene rings is 2. The first kappa shape index (κ1) is 17.0. The molecule has 3 rings (SSSR count). The van der Waals surface area contributed by atoms with Crippen molar-refractivity contribution >= 4 is 29.1 Å². The van der Waals surface area contributed by atoms with Gasteiger partial charge in [-0.15, -0.1) is 0 Å². The maximum Gasteiger partial charge on any atom is 0.224 e. The van der Waals surface area contributed by atoms with Gasteiger partial charge in [-0.3, -0.25) is 0 Å². The summed E-state index contributed by atoms with van der Waals surface area (Å²) >= 11 is 6.16. The fourth-order valence-corrected chi connectivity index (χ4v) is 2.49. The summed E-state index contributed by atoms with van der Waals surface area (Å²) in [5.74, 6) is 2.10. The number of ether oxygens (including phenoxy) is 1. The molecule has 25 heavy (non-hydrogen) atoms. The van der Waals surface area contributed by atoms with Gasteiger partial charge in [0, 0.05) is 23.5 Å². The van der Waals surface area contributed by atoms with E-state index in [1.165, 1.54) is 0 Å². The zero-order chi connectivity index (χ0) is 17.6. The molecule has 1 heterocycles. The van der Waals surface area contributed by atoms with E-state index in [4.69, 9.17) is 16.3 Å². The lowest BCUT2D eigenvalue weighted by Gasteiger charge is -2.11. The molecular formula is C19H19ClN4O.